The Morgan fingerprint density at radius 2 is 2.09 bits per heavy atom. The molecule has 1 rings (SSSR count). The number of amides is 2. The maximum atomic E-state index is 12.1. The summed E-state index contributed by atoms with van der Waals surface area (Å²) in [6.45, 7) is 2.96. The first-order valence-electron chi connectivity index (χ1n) is 7.09. The Bertz CT molecular complexity index is 620. The number of ether oxygens (including phenoxy) is 1. The molecule has 23 heavy (non-hydrogen) atoms. The van der Waals surface area contributed by atoms with Gasteiger partial charge in [-0.15, -0.1) is 0 Å². The van der Waals surface area contributed by atoms with Gasteiger partial charge in [0.15, 0.2) is 0 Å². The van der Waals surface area contributed by atoms with Gasteiger partial charge < -0.3 is 20.7 Å². The second-order valence-electron chi connectivity index (χ2n) is 4.71. The van der Waals surface area contributed by atoms with Crippen LogP contribution in [0.25, 0.3) is 0 Å². The third-order valence-electron chi connectivity index (χ3n) is 2.94. The molecular formula is C16H20N4O3. The van der Waals surface area contributed by atoms with Gasteiger partial charge in [-0.3, -0.25) is 9.59 Å². The molecule has 0 spiro atoms. The SMILES string of the molecule is COc1ccc(C)cc1NC(=O)/C(C#N)=C\NCCCNC=O. The highest BCUT2D eigenvalue weighted by molar-refractivity contribution is 6.07. The number of carbonyl (C=O) groups excluding carboxylic acids is 2. The number of nitrogens with one attached hydrogen (secondary N) is 3. The standard InChI is InChI=1S/C16H20N4O3/c1-12-4-5-15(23-2)14(8-12)20-16(22)13(9-17)10-18-6-3-7-19-11-21/h4-5,8,10-11,18H,3,6-7H2,1-2H3,(H,19,21)(H,20,22)/b13-10-. The molecule has 2 amide bonds. The molecule has 0 aliphatic heterocycles. The summed E-state index contributed by atoms with van der Waals surface area (Å²) >= 11 is 0. The van der Waals surface area contributed by atoms with E-state index in [0.717, 1.165) is 5.56 Å². The summed E-state index contributed by atoms with van der Waals surface area (Å²) in [5.41, 5.74) is 1.43. The molecule has 0 unspecified atom stereocenters. The van der Waals surface area contributed by atoms with Crippen molar-refractivity contribution < 1.29 is 14.3 Å². The van der Waals surface area contributed by atoms with Gasteiger partial charge in [-0.1, -0.05) is 6.07 Å². The zero-order valence-electron chi connectivity index (χ0n) is 13.2. The Morgan fingerprint density at radius 1 is 1.35 bits per heavy atom. The van der Waals surface area contributed by atoms with Crippen LogP contribution in [0.5, 0.6) is 5.75 Å². The van der Waals surface area contributed by atoms with Crippen LogP contribution in [0.4, 0.5) is 5.69 Å². The minimum Gasteiger partial charge on any atom is -0.495 e. The molecule has 3 N–H and O–H groups in total. The van der Waals surface area contributed by atoms with Crippen LogP contribution >= 0.6 is 0 Å². The van der Waals surface area contributed by atoms with Crippen molar-refractivity contribution in [3.8, 4) is 11.8 Å². The lowest BCUT2D eigenvalue weighted by Gasteiger charge is -2.10. The Labute approximate surface area is 135 Å². The molecule has 0 radical (unpaired) electrons. The number of methoxy groups -OCH3 is 1. The predicted octanol–water partition coefficient (Wildman–Crippen LogP) is 1.08. The van der Waals surface area contributed by atoms with Gasteiger partial charge in [-0.25, -0.2) is 0 Å². The number of benzene rings is 1. The summed E-state index contributed by atoms with van der Waals surface area (Å²) < 4.78 is 5.18. The predicted molar refractivity (Wildman–Crippen MR) is 86.7 cm³/mol. The van der Waals surface area contributed by atoms with E-state index >= 15 is 0 Å². The lowest BCUT2D eigenvalue weighted by Crippen LogP contribution is -2.20. The Hall–Kier alpha value is -3.01. The molecule has 0 saturated heterocycles. The first kappa shape index (κ1) is 18.0. The summed E-state index contributed by atoms with van der Waals surface area (Å²) in [7, 11) is 1.51. The highest BCUT2D eigenvalue weighted by Crippen LogP contribution is 2.25. The van der Waals surface area contributed by atoms with Gasteiger partial charge in [-0.05, 0) is 31.0 Å². The normalized spacial score (nSPS) is 10.4. The summed E-state index contributed by atoms with van der Waals surface area (Å²) in [6.07, 6.45) is 2.67. The minimum absolute atomic E-state index is 0.0445. The first-order chi connectivity index (χ1) is 11.1. The van der Waals surface area contributed by atoms with Crippen LogP contribution in [0.2, 0.25) is 0 Å². The van der Waals surface area contributed by atoms with Gasteiger partial charge in [0.1, 0.15) is 17.4 Å². The van der Waals surface area contributed by atoms with Gasteiger partial charge in [0.05, 0.1) is 12.8 Å². The number of hydrogen-bond acceptors (Lipinski definition) is 5. The lowest BCUT2D eigenvalue weighted by molar-refractivity contribution is -0.112. The molecule has 1 aromatic carbocycles. The molecule has 0 aliphatic carbocycles. The van der Waals surface area contributed by atoms with E-state index < -0.39 is 5.91 Å². The molecule has 0 heterocycles. The molecule has 7 nitrogen and oxygen atoms in total. The molecule has 122 valence electrons. The van der Waals surface area contributed by atoms with Gasteiger partial charge in [0.2, 0.25) is 6.41 Å². The number of nitrogens with zero attached hydrogens (tertiary/aromatic N) is 1. The molecule has 1 aromatic rings. The van der Waals surface area contributed by atoms with Crippen molar-refractivity contribution in [2.45, 2.75) is 13.3 Å². The molecule has 0 fully saturated rings. The lowest BCUT2D eigenvalue weighted by atomic mass is 10.2. The van der Waals surface area contributed by atoms with Gasteiger partial charge in [-0.2, -0.15) is 5.26 Å². The Morgan fingerprint density at radius 3 is 2.74 bits per heavy atom. The highest BCUT2D eigenvalue weighted by atomic mass is 16.5. The second kappa shape index (κ2) is 9.84. The number of rotatable bonds is 9. The largest absolute Gasteiger partial charge is 0.495 e. The molecule has 0 aliphatic rings. The molecule has 0 aromatic heterocycles. The molecular weight excluding hydrogens is 296 g/mol. The summed E-state index contributed by atoms with van der Waals surface area (Å²) in [4.78, 5) is 22.2. The van der Waals surface area contributed by atoms with Crippen LogP contribution in [0.15, 0.2) is 30.0 Å². The third-order valence-corrected chi connectivity index (χ3v) is 2.94. The fraction of sp³-hybridized carbons (Fsp3) is 0.312. The van der Waals surface area contributed by atoms with E-state index in [0.29, 0.717) is 37.4 Å². The van der Waals surface area contributed by atoms with Crippen molar-refractivity contribution in [2.24, 2.45) is 0 Å². The van der Waals surface area contributed by atoms with Crippen molar-refractivity contribution in [3.63, 3.8) is 0 Å². The topological polar surface area (TPSA) is 103 Å². The van der Waals surface area contributed by atoms with E-state index in [1.54, 1.807) is 12.1 Å². The number of hydrogen-bond donors (Lipinski definition) is 3. The van der Waals surface area contributed by atoms with Crippen molar-refractivity contribution in [2.75, 3.05) is 25.5 Å². The van der Waals surface area contributed by atoms with Crippen molar-refractivity contribution in [3.05, 3.63) is 35.5 Å². The van der Waals surface area contributed by atoms with Crippen LogP contribution in [-0.2, 0) is 9.59 Å². The fourth-order valence-corrected chi connectivity index (χ4v) is 1.78. The average Bonchev–Trinajstić information content (AvgIpc) is 2.54. The van der Waals surface area contributed by atoms with E-state index in [2.05, 4.69) is 16.0 Å². The van der Waals surface area contributed by atoms with E-state index in [1.807, 2.05) is 19.1 Å². The van der Waals surface area contributed by atoms with Crippen molar-refractivity contribution >= 4 is 18.0 Å². The maximum absolute atomic E-state index is 12.1. The summed E-state index contributed by atoms with van der Waals surface area (Å²) in [6, 6.07) is 7.23. The summed E-state index contributed by atoms with van der Waals surface area (Å²) in [5, 5.41) is 17.1. The quantitative estimate of drug-likeness (QED) is 0.274. The number of nitriles is 1. The van der Waals surface area contributed by atoms with E-state index in [-0.39, 0.29) is 5.57 Å². The van der Waals surface area contributed by atoms with Gasteiger partial charge >= 0.3 is 0 Å². The van der Waals surface area contributed by atoms with Crippen LogP contribution in [0, 0.1) is 18.3 Å². The second-order valence-corrected chi connectivity index (χ2v) is 4.71. The third kappa shape index (κ3) is 6.09. The first-order valence-corrected chi connectivity index (χ1v) is 7.09. The Balaban J connectivity index is 2.65. The van der Waals surface area contributed by atoms with Crippen molar-refractivity contribution in [1.82, 2.24) is 10.6 Å². The van der Waals surface area contributed by atoms with E-state index in [1.165, 1.54) is 13.3 Å². The van der Waals surface area contributed by atoms with Crippen LogP contribution in [0.1, 0.15) is 12.0 Å². The number of anilines is 1. The van der Waals surface area contributed by atoms with Crippen LogP contribution in [0.3, 0.4) is 0 Å². The molecule has 0 atom stereocenters. The molecule has 7 heteroatoms. The number of carbonyl (C=O) groups is 2. The zero-order chi connectivity index (χ0) is 17.1. The monoisotopic (exact) mass is 316 g/mol. The van der Waals surface area contributed by atoms with Gasteiger partial charge in [0, 0.05) is 19.3 Å². The van der Waals surface area contributed by atoms with Crippen molar-refractivity contribution in [1.29, 1.82) is 5.26 Å². The smallest absolute Gasteiger partial charge is 0.267 e. The fourth-order valence-electron chi connectivity index (χ4n) is 1.78. The highest BCUT2D eigenvalue weighted by Gasteiger charge is 2.12. The molecule has 0 bridgehead atoms. The molecule has 0 saturated carbocycles. The van der Waals surface area contributed by atoms with Crippen LogP contribution < -0.4 is 20.7 Å². The average molecular weight is 316 g/mol. The Kier molecular flexibility index (Phi) is 7.72. The zero-order valence-corrected chi connectivity index (χ0v) is 13.2. The van der Waals surface area contributed by atoms with E-state index in [9.17, 15) is 9.59 Å². The minimum atomic E-state index is -0.519. The maximum Gasteiger partial charge on any atom is 0.267 e. The van der Waals surface area contributed by atoms with E-state index in [4.69, 9.17) is 10.00 Å². The summed E-state index contributed by atoms with van der Waals surface area (Å²) in [5.74, 6) is 0.00375. The van der Waals surface area contributed by atoms with Crippen LogP contribution in [-0.4, -0.2) is 32.5 Å². The number of aryl methyl sites for hydroxylation is 1. The van der Waals surface area contributed by atoms with Gasteiger partial charge in [0.25, 0.3) is 5.91 Å².